The van der Waals surface area contributed by atoms with Crippen molar-refractivity contribution in [3.63, 3.8) is 0 Å². The van der Waals surface area contributed by atoms with E-state index in [9.17, 15) is 14.4 Å². The first-order valence-corrected chi connectivity index (χ1v) is 8.02. The van der Waals surface area contributed by atoms with Gasteiger partial charge in [0.2, 0.25) is 5.91 Å². The number of hydrogen-bond acceptors (Lipinski definition) is 4. The summed E-state index contributed by atoms with van der Waals surface area (Å²) in [5, 5.41) is 5.41. The molecule has 6 heteroatoms. The summed E-state index contributed by atoms with van der Waals surface area (Å²) in [6.45, 7) is 7.29. The Labute approximate surface area is 143 Å². The highest BCUT2D eigenvalue weighted by atomic mass is 16.5. The van der Waals surface area contributed by atoms with Crippen molar-refractivity contribution in [3.8, 4) is 0 Å². The number of benzene rings is 1. The second-order valence-corrected chi connectivity index (χ2v) is 6.31. The maximum Gasteiger partial charge on any atom is 0.328 e. The van der Waals surface area contributed by atoms with Gasteiger partial charge in [0, 0.05) is 5.56 Å². The molecule has 6 nitrogen and oxygen atoms in total. The fraction of sp³-hybridized carbons (Fsp3) is 0.500. The molecule has 2 N–H and O–H groups in total. The second kappa shape index (κ2) is 9.05. The number of rotatable bonds is 7. The number of methoxy groups -OCH3 is 1. The number of nitrogens with one attached hydrogen (secondary N) is 2. The molecule has 1 aromatic carbocycles. The summed E-state index contributed by atoms with van der Waals surface area (Å²) in [6, 6.07) is 7.18. The average Bonchev–Trinajstić information content (AvgIpc) is 2.56. The molecule has 0 spiro atoms. The molecular formula is C18H26N2O4. The van der Waals surface area contributed by atoms with Gasteiger partial charge in [-0.05, 0) is 24.0 Å². The van der Waals surface area contributed by atoms with E-state index in [1.54, 1.807) is 24.3 Å². The van der Waals surface area contributed by atoms with Crippen molar-refractivity contribution in [1.82, 2.24) is 10.6 Å². The molecule has 0 fully saturated rings. The van der Waals surface area contributed by atoms with Crippen LogP contribution in [0.4, 0.5) is 0 Å². The molecule has 132 valence electrons. The zero-order chi connectivity index (χ0) is 18.3. The Morgan fingerprint density at radius 3 is 1.88 bits per heavy atom. The zero-order valence-electron chi connectivity index (χ0n) is 14.8. The first kappa shape index (κ1) is 19.7. The molecule has 0 aliphatic heterocycles. The van der Waals surface area contributed by atoms with E-state index in [4.69, 9.17) is 4.74 Å². The lowest BCUT2D eigenvalue weighted by Gasteiger charge is -2.26. The van der Waals surface area contributed by atoms with Gasteiger partial charge in [0.25, 0.3) is 5.91 Å². The molecule has 24 heavy (non-hydrogen) atoms. The number of hydrogen-bond donors (Lipinski definition) is 2. The largest absolute Gasteiger partial charge is 0.467 e. The topological polar surface area (TPSA) is 84.5 Å². The van der Waals surface area contributed by atoms with Gasteiger partial charge in [-0.3, -0.25) is 9.59 Å². The Kier molecular flexibility index (Phi) is 7.42. The quantitative estimate of drug-likeness (QED) is 0.744. The molecule has 2 amide bonds. The van der Waals surface area contributed by atoms with Gasteiger partial charge >= 0.3 is 5.97 Å². The van der Waals surface area contributed by atoms with Crippen molar-refractivity contribution in [2.45, 2.75) is 39.8 Å². The lowest BCUT2D eigenvalue weighted by molar-refractivity contribution is -0.146. The molecule has 1 rings (SSSR count). The summed E-state index contributed by atoms with van der Waals surface area (Å²) >= 11 is 0. The Balaban J connectivity index is 2.85. The summed E-state index contributed by atoms with van der Waals surface area (Å²) < 4.78 is 4.72. The smallest absolute Gasteiger partial charge is 0.328 e. The van der Waals surface area contributed by atoms with Crippen molar-refractivity contribution in [2.24, 2.45) is 11.8 Å². The van der Waals surface area contributed by atoms with Crippen molar-refractivity contribution >= 4 is 17.8 Å². The third-order valence-corrected chi connectivity index (χ3v) is 3.69. The monoisotopic (exact) mass is 334 g/mol. The van der Waals surface area contributed by atoms with E-state index >= 15 is 0 Å². The highest BCUT2D eigenvalue weighted by Crippen LogP contribution is 2.09. The van der Waals surface area contributed by atoms with E-state index in [1.165, 1.54) is 7.11 Å². The Morgan fingerprint density at radius 1 is 0.875 bits per heavy atom. The highest BCUT2D eigenvalue weighted by molar-refractivity contribution is 5.98. The minimum atomic E-state index is -0.752. The second-order valence-electron chi connectivity index (χ2n) is 6.31. The molecule has 0 saturated heterocycles. The summed E-state index contributed by atoms with van der Waals surface area (Å²) in [6.07, 6.45) is 0. The van der Waals surface area contributed by atoms with Crippen LogP contribution in [-0.4, -0.2) is 37.0 Å². The van der Waals surface area contributed by atoms with Gasteiger partial charge in [0.15, 0.2) is 0 Å². The number of carbonyl (C=O) groups is 3. The third kappa shape index (κ3) is 5.37. The van der Waals surface area contributed by atoms with Crippen molar-refractivity contribution in [1.29, 1.82) is 0 Å². The van der Waals surface area contributed by atoms with E-state index in [0.717, 1.165) is 0 Å². The molecule has 0 aliphatic carbocycles. The fourth-order valence-electron chi connectivity index (χ4n) is 2.22. The van der Waals surface area contributed by atoms with Gasteiger partial charge in [-0.1, -0.05) is 45.9 Å². The van der Waals surface area contributed by atoms with Crippen LogP contribution in [0.2, 0.25) is 0 Å². The predicted molar refractivity (Wildman–Crippen MR) is 91.3 cm³/mol. The van der Waals surface area contributed by atoms with Gasteiger partial charge in [0.1, 0.15) is 12.1 Å². The molecule has 0 heterocycles. The highest BCUT2D eigenvalue weighted by Gasteiger charge is 2.30. The van der Waals surface area contributed by atoms with Crippen molar-refractivity contribution < 1.29 is 19.1 Å². The first-order valence-electron chi connectivity index (χ1n) is 8.02. The van der Waals surface area contributed by atoms with E-state index in [1.807, 2.05) is 33.8 Å². The lowest BCUT2D eigenvalue weighted by atomic mass is 10.00. The number of carbonyl (C=O) groups excluding carboxylic acids is 3. The van der Waals surface area contributed by atoms with Crippen LogP contribution in [0.25, 0.3) is 0 Å². The fourth-order valence-corrected chi connectivity index (χ4v) is 2.22. The van der Waals surface area contributed by atoms with Gasteiger partial charge in [-0.15, -0.1) is 0 Å². The van der Waals surface area contributed by atoms with Crippen LogP contribution in [-0.2, 0) is 14.3 Å². The van der Waals surface area contributed by atoms with Gasteiger partial charge in [-0.25, -0.2) is 4.79 Å². The summed E-state index contributed by atoms with van der Waals surface area (Å²) in [5.74, 6) is -1.50. The van der Waals surface area contributed by atoms with Crippen LogP contribution >= 0.6 is 0 Å². The van der Waals surface area contributed by atoms with Crippen molar-refractivity contribution in [2.75, 3.05) is 7.11 Å². The van der Waals surface area contributed by atoms with Gasteiger partial charge in [-0.2, -0.15) is 0 Å². The van der Waals surface area contributed by atoms with Crippen molar-refractivity contribution in [3.05, 3.63) is 35.9 Å². The minimum absolute atomic E-state index is 0.126. The molecule has 0 bridgehead atoms. The van der Waals surface area contributed by atoms with Crippen LogP contribution in [0.3, 0.4) is 0 Å². The molecule has 0 aliphatic rings. The zero-order valence-corrected chi connectivity index (χ0v) is 14.8. The van der Waals surface area contributed by atoms with Crippen LogP contribution in [0.1, 0.15) is 38.1 Å². The first-order chi connectivity index (χ1) is 11.3. The van der Waals surface area contributed by atoms with Gasteiger partial charge in [0.05, 0.1) is 7.11 Å². The maximum absolute atomic E-state index is 12.6. The normalized spacial score (nSPS) is 13.3. The minimum Gasteiger partial charge on any atom is -0.467 e. The number of esters is 1. The molecule has 2 atom stereocenters. The molecule has 1 aromatic rings. The summed E-state index contributed by atoms with van der Waals surface area (Å²) in [4.78, 5) is 36.6. The van der Waals surface area contributed by atoms with E-state index < -0.39 is 24.0 Å². The van der Waals surface area contributed by atoms with Crippen LogP contribution < -0.4 is 10.6 Å². The van der Waals surface area contributed by atoms with Crippen LogP contribution in [0.5, 0.6) is 0 Å². The van der Waals surface area contributed by atoms with Gasteiger partial charge < -0.3 is 15.4 Å². The standard InChI is InChI=1S/C18H26N2O4/c1-11(2)14(19-16(21)13-9-7-6-8-10-13)17(22)20-15(12(3)4)18(23)24-5/h6-12,14-15H,1-5H3,(H,19,21)(H,20,22)/t14-,15-/m0/s1. The lowest BCUT2D eigenvalue weighted by Crippen LogP contribution is -2.55. The molecule has 0 aromatic heterocycles. The maximum atomic E-state index is 12.6. The Hall–Kier alpha value is -2.37. The number of amides is 2. The molecular weight excluding hydrogens is 308 g/mol. The van der Waals surface area contributed by atoms with Crippen LogP contribution in [0.15, 0.2) is 30.3 Å². The van der Waals surface area contributed by atoms with E-state index in [2.05, 4.69) is 10.6 Å². The summed E-state index contributed by atoms with van der Waals surface area (Å²) in [5.41, 5.74) is 0.476. The predicted octanol–water partition coefficient (Wildman–Crippen LogP) is 1.75. The molecule has 0 saturated carbocycles. The average molecular weight is 334 g/mol. The molecule has 0 unspecified atom stereocenters. The van der Waals surface area contributed by atoms with Crippen LogP contribution in [0, 0.1) is 11.8 Å². The Morgan fingerprint density at radius 2 is 1.42 bits per heavy atom. The number of ether oxygens (including phenoxy) is 1. The van der Waals surface area contributed by atoms with E-state index in [0.29, 0.717) is 5.56 Å². The third-order valence-electron chi connectivity index (χ3n) is 3.69. The summed E-state index contributed by atoms with van der Waals surface area (Å²) in [7, 11) is 1.28. The Bertz CT molecular complexity index is 570. The SMILES string of the molecule is COC(=O)[C@@H](NC(=O)[C@@H](NC(=O)c1ccccc1)C(C)C)C(C)C. The molecule has 0 radical (unpaired) electrons. The van der Waals surface area contributed by atoms with E-state index in [-0.39, 0.29) is 17.7 Å².